The zero-order valence-electron chi connectivity index (χ0n) is 13.8. The summed E-state index contributed by atoms with van der Waals surface area (Å²) < 4.78 is 5.66. The van der Waals surface area contributed by atoms with Gasteiger partial charge < -0.3 is 9.64 Å². The van der Waals surface area contributed by atoms with Gasteiger partial charge in [-0.3, -0.25) is 10.1 Å². The monoisotopic (exact) mass is 328 g/mol. The van der Waals surface area contributed by atoms with Gasteiger partial charge in [0.15, 0.2) is 0 Å². The van der Waals surface area contributed by atoms with Crippen molar-refractivity contribution in [1.82, 2.24) is 9.97 Å². The minimum Gasteiger partial charge on any atom is -0.434 e. The topological polar surface area (TPSA) is 81.4 Å². The molecule has 0 radical (unpaired) electrons. The van der Waals surface area contributed by atoms with Gasteiger partial charge in [-0.05, 0) is 37.8 Å². The predicted octanol–water partition coefficient (Wildman–Crippen LogP) is 3.72. The largest absolute Gasteiger partial charge is 0.434 e. The molecule has 1 aliphatic heterocycles. The number of rotatable bonds is 4. The number of aromatic nitrogens is 2. The van der Waals surface area contributed by atoms with Crippen molar-refractivity contribution in [2.75, 3.05) is 18.0 Å². The normalized spacial score (nSPS) is 17.6. The number of hydrogen-bond acceptors (Lipinski definition) is 6. The van der Waals surface area contributed by atoms with Crippen LogP contribution in [0.25, 0.3) is 0 Å². The highest BCUT2D eigenvalue weighted by Gasteiger charge is 2.30. The van der Waals surface area contributed by atoms with E-state index in [1.165, 1.54) is 6.33 Å². The molecule has 0 N–H and O–H groups in total. The van der Waals surface area contributed by atoms with E-state index in [9.17, 15) is 10.1 Å². The Balaban J connectivity index is 1.95. The number of aryl methyl sites for hydroxylation is 1. The fourth-order valence-electron chi connectivity index (χ4n) is 2.92. The molecule has 126 valence electrons. The maximum atomic E-state index is 11.6. The lowest BCUT2D eigenvalue weighted by molar-refractivity contribution is -0.385. The Morgan fingerprint density at radius 3 is 2.71 bits per heavy atom. The van der Waals surface area contributed by atoms with Gasteiger partial charge in [-0.15, -0.1) is 0 Å². The Kier molecular flexibility index (Phi) is 4.59. The third kappa shape index (κ3) is 3.45. The Hall–Kier alpha value is -2.70. The quantitative estimate of drug-likeness (QED) is 0.628. The highest BCUT2D eigenvalue weighted by atomic mass is 16.6. The van der Waals surface area contributed by atoms with Crippen LogP contribution in [-0.2, 0) is 0 Å². The Morgan fingerprint density at radius 2 is 2.04 bits per heavy atom. The van der Waals surface area contributed by atoms with Crippen LogP contribution in [0, 0.1) is 23.0 Å². The first-order valence-corrected chi connectivity index (χ1v) is 8.03. The molecule has 1 aromatic heterocycles. The summed E-state index contributed by atoms with van der Waals surface area (Å²) in [5, 5.41) is 11.6. The molecule has 0 spiro atoms. The van der Waals surface area contributed by atoms with E-state index in [0.29, 0.717) is 17.5 Å². The number of ether oxygens (including phenoxy) is 1. The lowest BCUT2D eigenvalue weighted by Gasteiger charge is -2.31. The van der Waals surface area contributed by atoms with E-state index < -0.39 is 4.92 Å². The molecule has 1 saturated heterocycles. The Morgan fingerprint density at radius 1 is 1.29 bits per heavy atom. The van der Waals surface area contributed by atoms with Gasteiger partial charge in [-0.25, -0.2) is 4.98 Å². The van der Waals surface area contributed by atoms with Crippen LogP contribution < -0.4 is 9.64 Å². The summed E-state index contributed by atoms with van der Waals surface area (Å²) in [7, 11) is 0. The number of nitrogens with zero attached hydrogens (tertiary/aromatic N) is 4. The third-order valence-electron chi connectivity index (χ3n) is 4.14. The van der Waals surface area contributed by atoms with Crippen molar-refractivity contribution in [2.24, 2.45) is 5.92 Å². The molecule has 3 rings (SSSR count). The molecule has 1 unspecified atom stereocenters. The van der Waals surface area contributed by atoms with Crippen molar-refractivity contribution in [3.8, 4) is 11.6 Å². The van der Waals surface area contributed by atoms with E-state index >= 15 is 0 Å². The van der Waals surface area contributed by atoms with Gasteiger partial charge in [-0.2, -0.15) is 4.98 Å². The van der Waals surface area contributed by atoms with Crippen LogP contribution in [0.2, 0.25) is 0 Å². The first kappa shape index (κ1) is 16.2. The Labute approximate surface area is 140 Å². The van der Waals surface area contributed by atoms with Crippen molar-refractivity contribution in [2.45, 2.75) is 26.7 Å². The average Bonchev–Trinajstić information content (AvgIpc) is 2.56. The van der Waals surface area contributed by atoms with Crippen LogP contribution in [0.3, 0.4) is 0 Å². The van der Waals surface area contributed by atoms with Gasteiger partial charge in [0.05, 0.1) is 4.92 Å². The van der Waals surface area contributed by atoms with Crippen LogP contribution in [0.1, 0.15) is 25.3 Å². The number of hydrogen-bond donors (Lipinski definition) is 0. The zero-order chi connectivity index (χ0) is 17.1. The van der Waals surface area contributed by atoms with E-state index in [1.807, 2.05) is 24.0 Å². The van der Waals surface area contributed by atoms with Gasteiger partial charge in [0.2, 0.25) is 5.82 Å². The minimum absolute atomic E-state index is 0.0212. The maximum absolute atomic E-state index is 11.6. The van der Waals surface area contributed by atoms with E-state index in [0.717, 1.165) is 31.5 Å². The number of anilines is 1. The molecule has 24 heavy (non-hydrogen) atoms. The van der Waals surface area contributed by atoms with Crippen molar-refractivity contribution in [1.29, 1.82) is 0 Å². The van der Waals surface area contributed by atoms with Gasteiger partial charge in [-0.1, -0.05) is 24.6 Å². The minimum atomic E-state index is -0.460. The van der Waals surface area contributed by atoms with Crippen LogP contribution in [0.5, 0.6) is 11.6 Å². The molecule has 0 aliphatic carbocycles. The molecule has 1 aromatic carbocycles. The van der Waals surface area contributed by atoms with E-state index in [4.69, 9.17) is 4.74 Å². The van der Waals surface area contributed by atoms with Gasteiger partial charge in [0.1, 0.15) is 12.1 Å². The first-order chi connectivity index (χ1) is 11.5. The lowest BCUT2D eigenvalue weighted by atomic mass is 10.0. The average molecular weight is 328 g/mol. The van der Waals surface area contributed by atoms with E-state index in [-0.39, 0.29) is 11.6 Å². The molecule has 1 fully saturated rings. The van der Waals surface area contributed by atoms with Crippen LogP contribution in [0.15, 0.2) is 30.6 Å². The predicted molar refractivity (Wildman–Crippen MR) is 90.6 cm³/mol. The summed E-state index contributed by atoms with van der Waals surface area (Å²) in [5.41, 5.74) is 0.912. The van der Waals surface area contributed by atoms with Crippen molar-refractivity contribution < 1.29 is 9.66 Å². The van der Waals surface area contributed by atoms with Crippen LogP contribution >= 0.6 is 0 Å². The van der Waals surface area contributed by atoms with Crippen LogP contribution in [0.4, 0.5) is 11.5 Å². The second-order valence-electron chi connectivity index (χ2n) is 6.22. The molecule has 7 heteroatoms. The summed E-state index contributed by atoms with van der Waals surface area (Å²) in [6, 6.07) is 7.30. The lowest BCUT2D eigenvalue weighted by Crippen LogP contribution is -2.35. The molecule has 0 saturated carbocycles. The standard InChI is InChI=1S/C17H20N4O3/c1-12-5-7-14(8-6-12)24-17-15(21(22)23)16(18-11-19-17)20-9-3-4-13(2)10-20/h5-8,11,13H,3-4,9-10H2,1-2H3. The smallest absolute Gasteiger partial charge is 0.373 e. The summed E-state index contributed by atoms with van der Waals surface area (Å²) in [6.07, 6.45) is 3.45. The highest BCUT2D eigenvalue weighted by molar-refractivity contribution is 5.63. The molecule has 2 heterocycles. The van der Waals surface area contributed by atoms with Gasteiger partial charge >= 0.3 is 11.6 Å². The fourth-order valence-corrected chi connectivity index (χ4v) is 2.92. The summed E-state index contributed by atoms with van der Waals surface area (Å²) in [6.45, 7) is 5.61. The van der Waals surface area contributed by atoms with Gasteiger partial charge in [0.25, 0.3) is 0 Å². The van der Waals surface area contributed by atoms with E-state index in [2.05, 4.69) is 16.9 Å². The maximum Gasteiger partial charge on any atom is 0.373 e. The molecule has 7 nitrogen and oxygen atoms in total. The van der Waals surface area contributed by atoms with Crippen molar-refractivity contribution >= 4 is 11.5 Å². The SMILES string of the molecule is Cc1ccc(Oc2ncnc(N3CCCC(C)C3)c2[N+](=O)[O-])cc1. The number of benzene rings is 1. The molecular weight excluding hydrogens is 308 g/mol. The zero-order valence-corrected chi connectivity index (χ0v) is 13.8. The van der Waals surface area contributed by atoms with Crippen molar-refractivity contribution in [3.63, 3.8) is 0 Å². The fraction of sp³-hybridized carbons (Fsp3) is 0.412. The molecule has 0 amide bonds. The highest BCUT2D eigenvalue weighted by Crippen LogP contribution is 2.37. The number of nitro groups is 1. The van der Waals surface area contributed by atoms with Gasteiger partial charge in [0, 0.05) is 13.1 Å². The molecule has 1 atom stereocenters. The third-order valence-corrected chi connectivity index (χ3v) is 4.14. The second-order valence-corrected chi connectivity index (χ2v) is 6.22. The first-order valence-electron chi connectivity index (χ1n) is 8.03. The van der Waals surface area contributed by atoms with E-state index in [1.54, 1.807) is 12.1 Å². The van der Waals surface area contributed by atoms with Crippen LogP contribution in [-0.4, -0.2) is 28.0 Å². The summed E-state index contributed by atoms with van der Waals surface area (Å²) >= 11 is 0. The molecule has 0 bridgehead atoms. The molecule has 2 aromatic rings. The Bertz CT molecular complexity index is 733. The second kappa shape index (κ2) is 6.82. The molecular formula is C17H20N4O3. The number of piperidine rings is 1. The summed E-state index contributed by atoms with van der Waals surface area (Å²) in [4.78, 5) is 21.3. The van der Waals surface area contributed by atoms with Crippen molar-refractivity contribution in [3.05, 3.63) is 46.3 Å². The summed E-state index contributed by atoms with van der Waals surface area (Å²) in [5.74, 6) is 1.31. The molecule has 1 aliphatic rings.